The average molecular weight is 334 g/mol. The van der Waals surface area contributed by atoms with Gasteiger partial charge in [-0.2, -0.15) is 5.10 Å². The maximum atomic E-state index is 4.60. The maximum Gasteiger partial charge on any atom is 0.193 e. The molecule has 1 N–H and O–H groups in total. The standard InChI is InChI=1S/C19H35N5/c1-14(2)18-17(13-24(6)22-18)12-23(5)19(20-4)21-11-16-9-7-15(3)8-10-16/h13-16H,7-12H2,1-6H3,(H,20,21). The van der Waals surface area contributed by atoms with Crippen LogP contribution in [0.15, 0.2) is 11.2 Å². The van der Waals surface area contributed by atoms with Crippen LogP contribution in [0.25, 0.3) is 0 Å². The topological polar surface area (TPSA) is 45.5 Å². The minimum atomic E-state index is 0.439. The van der Waals surface area contributed by atoms with E-state index in [1.54, 1.807) is 0 Å². The molecule has 5 heteroatoms. The van der Waals surface area contributed by atoms with Gasteiger partial charge in [0.25, 0.3) is 0 Å². The number of hydrogen-bond acceptors (Lipinski definition) is 2. The molecule has 1 heterocycles. The predicted molar refractivity (Wildman–Crippen MR) is 101 cm³/mol. The summed E-state index contributed by atoms with van der Waals surface area (Å²) in [6.45, 7) is 8.64. The summed E-state index contributed by atoms with van der Waals surface area (Å²) in [5.41, 5.74) is 2.46. The number of rotatable bonds is 5. The number of guanidine groups is 1. The summed E-state index contributed by atoms with van der Waals surface area (Å²) >= 11 is 0. The summed E-state index contributed by atoms with van der Waals surface area (Å²) in [4.78, 5) is 6.67. The van der Waals surface area contributed by atoms with Crippen molar-refractivity contribution >= 4 is 5.96 Å². The van der Waals surface area contributed by atoms with Gasteiger partial charge in [0.1, 0.15) is 0 Å². The highest BCUT2D eigenvalue weighted by atomic mass is 15.3. The van der Waals surface area contributed by atoms with Crippen molar-refractivity contribution < 1.29 is 0 Å². The second kappa shape index (κ2) is 8.54. The van der Waals surface area contributed by atoms with Gasteiger partial charge in [0, 0.05) is 46.0 Å². The molecule has 0 aromatic carbocycles. The monoisotopic (exact) mass is 333 g/mol. The third-order valence-electron chi connectivity index (χ3n) is 5.15. The van der Waals surface area contributed by atoms with Crippen LogP contribution in [-0.4, -0.2) is 41.3 Å². The Labute approximate surface area is 147 Å². The third-order valence-corrected chi connectivity index (χ3v) is 5.15. The fraction of sp³-hybridized carbons (Fsp3) is 0.789. The van der Waals surface area contributed by atoms with Gasteiger partial charge in [-0.25, -0.2) is 0 Å². The molecule has 0 amide bonds. The van der Waals surface area contributed by atoms with E-state index in [1.807, 2.05) is 18.8 Å². The number of aromatic nitrogens is 2. The van der Waals surface area contributed by atoms with Crippen LogP contribution in [-0.2, 0) is 13.6 Å². The molecule has 0 saturated heterocycles. The first-order valence-corrected chi connectivity index (χ1v) is 9.34. The maximum absolute atomic E-state index is 4.60. The molecular formula is C19H35N5. The van der Waals surface area contributed by atoms with E-state index in [0.29, 0.717) is 5.92 Å². The van der Waals surface area contributed by atoms with Crippen LogP contribution in [0, 0.1) is 11.8 Å². The Morgan fingerprint density at radius 1 is 1.38 bits per heavy atom. The molecule has 136 valence electrons. The van der Waals surface area contributed by atoms with Gasteiger partial charge in [-0.1, -0.05) is 33.6 Å². The summed E-state index contributed by atoms with van der Waals surface area (Å²) < 4.78 is 1.91. The van der Waals surface area contributed by atoms with E-state index >= 15 is 0 Å². The van der Waals surface area contributed by atoms with Gasteiger partial charge >= 0.3 is 0 Å². The molecule has 0 unspecified atom stereocenters. The van der Waals surface area contributed by atoms with Crippen LogP contribution < -0.4 is 5.32 Å². The average Bonchev–Trinajstić information content (AvgIpc) is 2.90. The molecule has 24 heavy (non-hydrogen) atoms. The van der Waals surface area contributed by atoms with Crippen molar-refractivity contribution in [1.29, 1.82) is 0 Å². The minimum Gasteiger partial charge on any atom is -0.356 e. The zero-order chi connectivity index (χ0) is 17.7. The zero-order valence-corrected chi connectivity index (χ0v) is 16.3. The molecule has 1 aliphatic carbocycles. The molecule has 0 atom stereocenters. The second-order valence-corrected chi connectivity index (χ2v) is 7.78. The van der Waals surface area contributed by atoms with Crippen LogP contribution in [0.4, 0.5) is 0 Å². The molecule has 1 aliphatic rings. The Hall–Kier alpha value is -1.52. The van der Waals surface area contributed by atoms with Gasteiger partial charge in [0.15, 0.2) is 5.96 Å². The molecule has 0 spiro atoms. The Morgan fingerprint density at radius 3 is 2.62 bits per heavy atom. The van der Waals surface area contributed by atoms with Crippen LogP contribution in [0.2, 0.25) is 0 Å². The van der Waals surface area contributed by atoms with E-state index in [-0.39, 0.29) is 0 Å². The highest BCUT2D eigenvalue weighted by Gasteiger charge is 2.19. The van der Waals surface area contributed by atoms with Crippen LogP contribution in [0.3, 0.4) is 0 Å². The normalized spacial score (nSPS) is 22.0. The van der Waals surface area contributed by atoms with Crippen molar-refractivity contribution in [2.24, 2.45) is 23.9 Å². The molecular weight excluding hydrogens is 298 g/mol. The lowest BCUT2D eigenvalue weighted by molar-refractivity contribution is 0.287. The molecule has 5 nitrogen and oxygen atoms in total. The SMILES string of the molecule is CN=C(NCC1CCC(C)CC1)N(C)Cc1cn(C)nc1C(C)C. The predicted octanol–water partition coefficient (Wildman–Crippen LogP) is 3.38. The van der Waals surface area contributed by atoms with Gasteiger partial charge < -0.3 is 10.2 Å². The fourth-order valence-electron chi connectivity index (χ4n) is 3.65. The Bertz CT molecular complexity index is 538. The minimum absolute atomic E-state index is 0.439. The van der Waals surface area contributed by atoms with Crippen molar-refractivity contribution in [3.05, 3.63) is 17.5 Å². The summed E-state index contributed by atoms with van der Waals surface area (Å²) in [5, 5.41) is 8.18. The number of aliphatic imine (C=N–C) groups is 1. The Morgan fingerprint density at radius 2 is 2.04 bits per heavy atom. The first-order chi connectivity index (χ1) is 11.4. The third kappa shape index (κ3) is 4.99. The van der Waals surface area contributed by atoms with Gasteiger partial charge in [0.05, 0.1) is 5.69 Å². The van der Waals surface area contributed by atoms with Crippen LogP contribution in [0.5, 0.6) is 0 Å². The molecule has 1 fully saturated rings. The molecule has 0 bridgehead atoms. The van der Waals surface area contributed by atoms with Gasteiger partial charge in [-0.05, 0) is 30.6 Å². The molecule has 1 aromatic heterocycles. The van der Waals surface area contributed by atoms with E-state index < -0.39 is 0 Å². The Kier molecular flexibility index (Phi) is 6.69. The van der Waals surface area contributed by atoms with E-state index in [9.17, 15) is 0 Å². The van der Waals surface area contributed by atoms with E-state index in [2.05, 4.69) is 54.3 Å². The highest BCUT2D eigenvalue weighted by Crippen LogP contribution is 2.27. The second-order valence-electron chi connectivity index (χ2n) is 7.78. The summed E-state index contributed by atoms with van der Waals surface area (Å²) in [7, 11) is 5.97. The smallest absolute Gasteiger partial charge is 0.193 e. The molecule has 0 radical (unpaired) electrons. The fourth-order valence-corrected chi connectivity index (χ4v) is 3.65. The highest BCUT2D eigenvalue weighted by molar-refractivity contribution is 5.79. The number of nitrogens with zero attached hydrogens (tertiary/aromatic N) is 4. The van der Waals surface area contributed by atoms with Crippen molar-refractivity contribution in [2.45, 2.75) is 58.9 Å². The van der Waals surface area contributed by atoms with Crippen LogP contribution in [0.1, 0.15) is 63.6 Å². The van der Waals surface area contributed by atoms with E-state index in [0.717, 1.165) is 30.9 Å². The molecule has 0 aliphatic heterocycles. The van der Waals surface area contributed by atoms with Gasteiger partial charge in [0.2, 0.25) is 0 Å². The lowest BCUT2D eigenvalue weighted by Gasteiger charge is -2.28. The first-order valence-electron chi connectivity index (χ1n) is 9.34. The number of nitrogens with one attached hydrogen (secondary N) is 1. The van der Waals surface area contributed by atoms with Crippen molar-refractivity contribution in [3.8, 4) is 0 Å². The van der Waals surface area contributed by atoms with E-state index in [1.165, 1.54) is 36.9 Å². The van der Waals surface area contributed by atoms with Crippen molar-refractivity contribution in [1.82, 2.24) is 20.0 Å². The summed E-state index contributed by atoms with van der Waals surface area (Å²) in [5.74, 6) is 3.11. The van der Waals surface area contributed by atoms with Crippen LogP contribution >= 0.6 is 0 Å². The zero-order valence-electron chi connectivity index (χ0n) is 16.3. The molecule has 1 aromatic rings. The van der Waals surface area contributed by atoms with Gasteiger partial charge in [-0.3, -0.25) is 9.67 Å². The number of aryl methyl sites for hydroxylation is 1. The number of hydrogen-bond donors (Lipinski definition) is 1. The van der Waals surface area contributed by atoms with Gasteiger partial charge in [-0.15, -0.1) is 0 Å². The quantitative estimate of drug-likeness (QED) is 0.664. The van der Waals surface area contributed by atoms with Crippen molar-refractivity contribution in [3.63, 3.8) is 0 Å². The summed E-state index contributed by atoms with van der Waals surface area (Å²) in [6.07, 6.45) is 7.55. The lowest BCUT2D eigenvalue weighted by atomic mass is 9.83. The first kappa shape index (κ1) is 18.8. The van der Waals surface area contributed by atoms with Crippen molar-refractivity contribution in [2.75, 3.05) is 20.6 Å². The summed E-state index contributed by atoms with van der Waals surface area (Å²) in [6, 6.07) is 0. The Balaban J connectivity index is 1.91. The molecule has 2 rings (SSSR count). The largest absolute Gasteiger partial charge is 0.356 e. The lowest BCUT2D eigenvalue weighted by Crippen LogP contribution is -2.41. The molecule has 1 saturated carbocycles. The van der Waals surface area contributed by atoms with E-state index in [4.69, 9.17) is 0 Å².